The van der Waals surface area contributed by atoms with Gasteiger partial charge in [-0.25, -0.2) is 4.68 Å². The van der Waals surface area contributed by atoms with Gasteiger partial charge in [0.2, 0.25) is 5.82 Å². The smallest absolute Gasteiger partial charge is 0.257 e. The van der Waals surface area contributed by atoms with Gasteiger partial charge in [-0.05, 0) is 53.2 Å². The molecule has 36 heavy (non-hydrogen) atoms. The van der Waals surface area contributed by atoms with Crippen LogP contribution in [0, 0.1) is 0 Å². The van der Waals surface area contributed by atoms with E-state index in [0.717, 1.165) is 38.5 Å². The van der Waals surface area contributed by atoms with Crippen molar-refractivity contribution in [3.05, 3.63) is 112 Å². The Labute approximate surface area is 208 Å². The lowest BCUT2D eigenvalue weighted by atomic mass is 10.1. The largest absolute Gasteiger partial charge is 0.494 e. The highest BCUT2D eigenvalue weighted by atomic mass is 16.5. The molecule has 0 bridgehead atoms. The molecule has 0 aliphatic rings. The maximum Gasteiger partial charge on any atom is 0.257 e. The minimum absolute atomic E-state index is 0.0979. The molecule has 2 N–H and O–H groups in total. The first-order chi connectivity index (χ1) is 17.7. The molecular weight excluding hydrogens is 454 g/mol. The van der Waals surface area contributed by atoms with Gasteiger partial charge in [-0.15, -0.1) is 5.10 Å². The van der Waals surface area contributed by atoms with Crippen molar-refractivity contribution in [3.8, 4) is 5.75 Å². The van der Waals surface area contributed by atoms with Crippen LogP contribution in [0.5, 0.6) is 5.75 Å². The van der Waals surface area contributed by atoms with Crippen LogP contribution in [-0.4, -0.2) is 36.8 Å². The van der Waals surface area contributed by atoms with E-state index in [4.69, 9.17) is 4.74 Å². The van der Waals surface area contributed by atoms with Crippen LogP contribution in [0.3, 0.4) is 0 Å². The highest BCUT2D eigenvalue weighted by Gasteiger charge is 2.19. The Bertz CT molecular complexity index is 1480. The minimum Gasteiger partial charge on any atom is -0.494 e. The maximum absolute atomic E-state index is 13.0. The lowest BCUT2D eigenvalue weighted by molar-refractivity contribution is -0.942. The van der Waals surface area contributed by atoms with Crippen LogP contribution in [0.2, 0.25) is 0 Å². The molecule has 0 fully saturated rings. The molecule has 0 saturated heterocycles. The van der Waals surface area contributed by atoms with Crippen molar-refractivity contribution < 1.29 is 9.64 Å². The number of hydrogen-bond donors (Lipinski definition) is 2. The van der Waals surface area contributed by atoms with Crippen LogP contribution in [0.15, 0.2) is 83.9 Å². The average molecular weight is 483 g/mol. The summed E-state index contributed by atoms with van der Waals surface area (Å²) >= 11 is 0. The fourth-order valence-electron chi connectivity index (χ4n) is 4.32. The Hall–Kier alpha value is -4.37. The van der Waals surface area contributed by atoms with Crippen LogP contribution in [0.4, 0.5) is 0 Å². The standard InChI is InChI=1S/C27H27N7O2/c1-2-36-24-10-11-25-22(14-24)13-23(27(35)29-25)18-33(16-21-9-6-12-28-15-21)19-26-30-31-32-34(26)17-20-7-4-3-5-8-20/h3-15H,2,16-19H2,1H3,(H,29,35)/p+1. The molecule has 9 heteroatoms. The number of pyridine rings is 2. The molecule has 1 unspecified atom stereocenters. The summed E-state index contributed by atoms with van der Waals surface area (Å²) in [6.45, 7) is 4.83. The highest BCUT2D eigenvalue weighted by molar-refractivity contribution is 5.80. The van der Waals surface area contributed by atoms with Crippen LogP contribution in [-0.2, 0) is 26.2 Å². The van der Waals surface area contributed by atoms with E-state index in [1.54, 1.807) is 6.20 Å². The van der Waals surface area contributed by atoms with Crippen molar-refractivity contribution in [2.45, 2.75) is 33.1 Å². The molecule has 0 spiro atoms. The molecule has 5 aromatic rings. The number of aromatic nitrogens is 6. The van der Waals surface area contributed by atoms with E-state index in [9.17, 15) is 4.79 Å². The maximum atomic E-state index is 13.0. The second kappa shape index (κ2) is 10.9. The number of nitrogens with zero attached hydrogens (tertiary/aromatic N) is 5. The van der Waals surface area contributed by atoms with Gasteiger partial charge in [-0.2, -0.15) is 0 Å². The van der Waals surface area contributed by atoms with Crippen molar-refractivity contribution >= 4 is 10.9 Å². The first-order valence-corrected chi connectivity index (χ1v) is 12.0. The van der Waals surface area contributed by atoms with E-state index in [2.05, 4.69) is 37.6 Å². The lowest BCUT2D eigenvalue weighted by Crippen LogP contribution is -3.08. The van der Waals surface area contributed by atoms with Gasteiger partial charge in [0.05, 0.1) is 18.7 Å². The van der Waals surface area contributed by atoms with Gasteiger partial charge in [-0.1, -0.05) is 36.4 Å². The van der Waals surface area contributed by atoms with Crippen LogP contribution >= 0.6 is 0 Å². The zero-order valence-electron chi connectivity index (χ0n) is 20.1. The summed E-state index contributed by atoms with van der Waals surface area (Å²) in [6.07, 6.45) is 3.61. The van der Waals surface area contributed by atoms with E-state index < -0.39 is 0 Å². The number of hydrogen-bond acceptors (Lipinski definition) is 6. The molecule has 1 atom stereocenters. The highest BCUT2D eigenvalue weighted by Crippen LogP contribution is 2.19. The summed E-state index contributed by atoms with van der Waals surface area (Å²) in [6, 6.07) is 21.7. The zero-order chi connectivity index (χ0) is 24.7. The molecule has 5 rings (SSSR count). The Kier molecular flexibility index (Phi) is 7.09. The number of fused-ring (bicyclic) bond motifs is 1. The van der Waals surface area contributed by atoms with E-state index >= 15 is 0 Å². The molecule has 3 heterocycles. The minimum atomic E-state index is -0.0979. The Morgan fingerprint density at radius 1 is 0.972 bits per heavy atom. The molecule has 3 aromatic heterocycles. The van der Waals surface area contributed by atoms with E-state index in [1.807, 2.05) is 72.4 Å². The molecule has 0 radical (unpaired) electrons. The summed E-state index contributed by atoms with van der Waals surface area (Å²) in [7, 11) is 0. The molecule has 0 saturated carbocycles. The van der Waals surface area contributed by atoms with Gasteiger partial charge in [0.25, 0.3) is 5.56 Å². The quantitative estimate of drug-likeness (QED) is 0.316. The average Bonchev–Trinajstić information content (AvgIpc) is 3.32. The number of H-pyrrole nitrogens is 1. The Balaban J connectivity index is 1.44. The van der Waals surface area contributed by atoms with Gasteiger partial charge in [0.1, 0.15) is 25.4 Å². The Morgan fingerprint density at radius 2 is 1.83 bits per heavy atom. The van der Waals surface area contributed by atoms with Crippen molar-refractivity contribution in [3.63, 3.8) is 0 Å². The van der Waals surface area contributed by atoms with Crippen LogP contribution in [0.1, 0.15) is 29.4 Å². The molecule has 0 aliphatic carbocycles. The number of quaternary nitrogens is 1. The fraction of sp³-hybridized carbons (Fsp3) is 0.222. The van der Waals surface area contributed by atoms with Crippen molar-refractivity contribution in [2.75, 3.05) is 6.61 Å². The van der Waals surface area contributed by atoms with Gasteiger partial charge in [0, 0.05) is 28.9 Å². The first kappa shape index (κ1) is 23.4. The zero-order valence-corrected chi connectivity index (χ0v) is 20.1. The predicted octanol–water partition coefficient (Wildman–Crippen LogP) is 2.14. The summed E-state index contributed by atoms with van der Waals surface area (Å²) < 4.78 is 7.46. The molecule has 0 aliphatic heterocycles. The van der Waals surface area contributed by atoms with E-state index in [1.165, 1.54) is 0 Å². The van der Waals surface area contributed by atoms with E-state index in [-0.39, 0.29) is 5.56 Å². The van der Waals surface area contributed by atoms with Gasteiger partial charge in [0.15, 0.2) is 0 Å². The number of benzene rings is 2. The van der Waals surface area contributed by atoms with Gasteiger partial charge < -0.3 is 14.6 Å². The molecule has 0 amide bonds. The third-order valence-electron chi connectivity index (χ3n) is 6.01. The second-order valence-corrected chi connectivity index (χ2v) is 8.69. The summed E-state index contributed by atoms with van der Waals surface area (Å²) in [5.41, 5.74) is 3.57. The van der Waals surface area contributed by atoms with Crippen LogP contribution < -0.4 is 15.2 Å². The third-order valence-corrected chi connectivity index (χ3v) is 6.01. The normalized spacial score (nSPS) is 12.0. The molecule has 2 aromatic carbocycles. The summed E-state index contributed by atoms with van der Waals surface area (Å²) in [5.74, 6) is 1.54. The first-order valence-electron chi connectivity index (χ1n) is 12.0. The summed E-state index contributed by atoms with van der Waals surface area (Å²) in [5, 5.41) is 13.4. The third kappa shape index (κ3) is 5.64. The predicted molar refractivity (Wildman–Crippen MR) is 135 cm³/mol. The number of aromatic amines is 1. The van der Waals surface area contributed by atoms with Crippen molar-refractivity contribution in [1.29, 1.82) is 0 Å². The number of tetrazole rings is 1. The SMILES string of the molecule is CCOc1ccc2[nH]c(=O)c(C[NH+](Cc3cccnc3)Cc3nnnn3Cc3ccccc3)cc2c1. The lowest BCUT2D eigenvalue weighted by Gasteiger charge is -2.19. The summed E-state index contributed by atoms with van der Waals surface area (Å²) in [4.78, 5) is 21.4. The monoisotopic (exact) mass is 482 g/mol. The van der Waals surface area contributed by atoms with Gasteiger partial charge in [-0.3, -0.25) is 9.78 Å². The van der Waals surface area contributed by atoms with Gasteiger partial charge >= 0.3 is 0 Å². The Morgan fingerprint density at radius 3 is 2.64 bits per heavy atom. The second-order valence-electron chi connectivity index (χ2n) is 8.69. The van der Waals surface area contributed by atoms with E-state index in [0.29, 0.717) is 38.3 Å². The number of nitrogens with one attached hydrogen (secondary N) is 2. The van der Waals surface area contributed by atoms with Crippen molar-refractivity contribution in [1.82, 2.24) is 30.2 Å². The fourth-order valence-corrected chi connectivity index (χ4v) is 4.32. The number of ether oxygens (including phenoxy) is 1. The number of rotatable bonds is 10. The molecule has 182 valence electrons. The van der Waals surface area contributed by atoms with Crippen molar-refractivity contribution in [2.24, 2.45) is 0 Å². The molecular formula is C27H28N7O2+. The topological polar surface area (TPSA) is 103 Å². The van der Waals surface area contributed by atoms with Crippen LogP contribution in [0.25, 0.3) is 10.9 Å². The molecule has 9 nitrogen and oxygen atoms in total.